The van der Waals surface area contributed by atoms with Gasteiger partial charge < -0.3 is 4.74 Å². The zero-order valence-corrected chi connectivity index (χ0v) is 15.6. The summed E-state index contributed by atoms with van der Waals surface area (Å²) < 4.78 is 5.52. The third-order valence-electron chi connectivity index (χ3n) is 4.46. The zero-order chi connectivity index (χ0) is 17.6. The standard InChI is InChI=1S/C19H25N3O2S/c1-14-6-5-8-16(10-14)24-13-18(23)21-19-20-11-17(25-19)12-22-9-4-3-7-15(22)2/h5-6,8,10-11,15H,3-4,7,9,12-13H2,1-2H3,(H,20,21,23). The molecular weight excluding hydrogens is 334 g/mol. The molecule has 1 fully saturated rings. The van der Waals surface area contributed by atoms with Gasteiger partial charge in [0.2, 0.25) is 0 Å². The van der Waals surface area contributed by atoms with E-state index in [-0.39, 0.29) is 12.5 Å². The first-order valence-corrected chi connectivity index (χ1v) is 9.60. The first-order chi connectivity index (χ1) is 12.1. The summed E-state index contributed by atoms with van der Waals surface area (Å²) in [6.45, 7) is 6.32. The fourth-order valence-electron chi connectivity index (χ4n) is 3.04. The number of benzene rings is 1. The molecule has 0 bridgehead atoms. The average Bonchev–Trinajstić information content (AvgIpc) is 3.02. The molecule has 1 aromatic carbocycles. The van der Waals surface area contributed by atoms with Gasteiger partial charge in [-0.1, -0.05) is 18.6 Å². The van der Waals surface area contributed by atoms with E-state index in [1.54, 1.807) is 11.3 Å². The summed E-state index contributed by atoms with van der Waals surface area (Å²) in [6.07, 6.45) is 5.72. The number of amides is 1. The van der Waals surface area contributed by atoms with Crippen molar-refractivity contribution in [1.29, 1.82) is 0 Å². The van der Waals surface area contributed by atoms with Crippen molar-refractivity contribution in [2.75, 3.05) is 18.5 Å². The first-order valence-electron chi connectivity index (χ1n) is 8.78. The number of aryl methyl sites for hydroxylation is 1. The lowest BCUT2D eigenvalue weighted by atomic mass is 10.0. The summed E-state index contributed by atoms with van der Waals surface area (Å²) in [5.41, 5.74) is 1.11. The van der Waals surface area contributed by atoms with Crippen LogP contribution in [-0.4, -0.2) is 35.0 Å². The molecule has 1 N–H and O–H groups in total. The Morgan fingerprint density at radius 3 is 3.12 bits per heavy atom. The number of anilines is 1. The van der Waals surface area contributed by atoms with E-state index in [9.17, 15) is 4.79 Å². The van der Waals surface area contributed by atoms with Crippen LogP contribution >= 0.6 is 11.3 Å². The molecule has 1 aromatic heterocycles. The van der Waals surface area contributed by atoms with Gasteiger partial charge in [0.25, 0.3) is 5.91 Å². The van der Waals surface area contributed by atoms with Crippen LogP contribution in [0, 0.1) is 6.92 Å². The molecule has 1 unspecified atom stereocenters. The number of carbonyl (C=O) groups is 1. The van der Waals surface area contributed by atoms with Crippen molar-refractivity contribution in [2.24, 2.45) is 0 Å². The maximum absolute atomic E-state index is 12.0. The molecule has 5 nitrogen and oxygen atoms in total. The molecule has 2 aromatic rings. The Morgan fingerprint density at radius 2 is 2.32 bits per heavy atom. The Hall–Kier alpha value is -1.92. The van der Waals surface area contributed by atoms with E-state index < -0.39 is 0 Å². The maximum atomic E-state index is 12.0. The molecule has 134 valence electrons. The lowest BCUT2D eigenvalue weighted by Crippen LogP contribution is -2.36. The van der Waals surface area contributed by atoms with Gasteiger partial charge in [-0.2, -0.15) is 0 Å². The highest BCUT2D eigenvalue weighted by Crippen LogP contribution is 2.24. The van der Waals surface area contributed by atoms with E-state index in [0.29, 0.717) is 16.9 Å². The average molecular weight is 359 g/mol. The highest BCUT2D eigenvalue weighted by atomic mass is 32.1. The van der Waals surface area contributed by atoms with Gasteiger partial charge in [0.1, 0.15) is 5.75 Å². The number of hydrogen-bond donors (Lipinski definition) is 1. The topological polar surface area (TPSA) is 54.5 Å². The zero-order valence-electron chi connectivity index (χ0n) is 14.8. The van der Waals surface area contributed by atoms with Crippen LogP contribution in [0.2, 0.25) is 0 Å². The van der Waals surface area contributed by atoms with E-state index in [1.807, 2.05) is 37.4 Å². The summed E-state index contributed by atoms with van der Waals surface area (Å²) >= 11 is 1.54. The predicted octanol–water partition coefficient (Wildman–Crippen LogP) is 3.84. The molecular formula is C19H25N3O2S. The first kappa shape index (κ1) is 17.9. The Balaban J connectivity index is 1.48. The minimum atomic E-state index is -0.186. The van der Waals surface area contributed by atoms with Crippen molar-refractivity contribution in [2.45, 2.75) is 45.7 Å². The Morgan fingerprint density at radius 1 is 1.44 bits per heavy atom. The number of rotatable bonds is 6. The van der Waals surface area contributed by atoms with E-state index >= 15 is 0 Å². The van der Waals surface area contributed by atoms with E-state index in [4.69, 9.17) is 4.74 Å². The quantitative estimate of drug-likeness (QED) is 0.851. The number of thiazole rings is 1. The lowest BCUT2D eigenvalue weighted by Gasteiger charge is -2.32. The molecule has 3 rings (SSSR count). The SMILES string of the molecule is Cc1cccc(OCC(=O)Nc2ncc(CN3CCCCC3C)s2)c1. The number of aromatic nitrogens is 1. The van der Waals surface area contributed by atoms with Gasteiger partial charge in [-0.25, -0.2) is 4.98 Å². The van der Waals surface area contributed by atoms with Gasteiger partial charge in [-0.05, 0) is 50.9 Å². The second-order valence-electron chi connectivity index (χ2n) is 6.60. The molecule has 1 atom stereocenters. The Labute approximate surface area is 153 Å². The highest BCUT2D eigenvalue weighted by molar-refractivity contribution is 7.15. The maximum Gasteiger partial charge on any atom is 0.264 e. The van der Waals surface area contributed by atoms with E-state index in [2.05, 4.69) is 22.1 Å². The van der Waals surface area contributed by atoms with Gasteiger partial charge in [0.15, 0.2) is 11.7 Å². The van der Waals surface area contributed by atoms with Crippen molar-refractivity contribution in [3.8, 4) is 5.75 Å². The fraction of sp³-hybridized carbons (Fsp3) is 0.474. The van der Waals surface area contributed by atoms with Crippen LogP contribution in [0.3, 0.4) is 0 Å². The van der Waals surface area contributed by atoms with Crippen LogP contribution < -0.4 is 10.1 Å². The number of hydrogen-bond acceptors (Lipinski definition) is 5. The van der Waals surface area contributed by atoms with E-state index in [0.717, 1.165) is 18.7 Å². The van der Waals surface area contributed by atoms with Gasteiger partial charge in [-0.15, -0.1) is 11.3 Å². The molecule has 1 amide bonds. The lowest BCUT2D eigenvalue weighted by molar-refractivity contribution is -0.118. The van der Waals surface area contributed by atoms with Crippen molar-refractivity contribution >= 4 is 22.4 Å². The molecule has 1 aliphatic rings. The molecule has 0 aliphatic carbocycles. The third-order valence-corrected chi connectivity index (χ3v) is 5.36. The van der Waals surface area contributed by atoms with Crippen LogP contribution in [-0.2, 0) is 11.3 Å². The minimum Gasteiger partial charge on any atom is -0.484 e. The van der Waals surface area contributed by atoms with Crippen molar-refractivity contribution in [1.82, 2.24) is 9.88 Å². The molecule has 1 aliphatic heterocycles. The fourth-order valence-corrected chi connectivity index (χ4v) is 3.89. The monoisotopic (exact) mass is 359 g/mol. The van der Waals surface area contributed by atoms with Crippen LogP contribution in [0.1, 0.15) is 36.6 Å². The van der Waals surface area contributed by atoms with Crippen LogP contribution in [0.15, 0.2) is 30.5 Å². The number of piperidine rings is 1. The molecule has 25 heavy (non-hydrogen) atoms. The molecule has 1 saturated heterocycles. The van der Waals surface area contributed by atoms with Gasteiger partial charge in [0, 0.05) is 23.7 Å². The Bertz CT molecular complexity index is 716. The van der Waals surface area contributed by atoms with Crippen LogP contribution in [0.25, 0.3) is 0 Å². The van der Waals surface area contributed by atoms with Gasteiger partial charge in [-0.3, -0.25) is 15.0 Å². The predicted molar refractivity (Wildman–Crippen MR) is 101 cm³/mol. The summed E-state index contributed by atoms with van der Waals surface area (Å²) in [7, 11) is 0. The van der Waals surface area contributed by atoms with Gasteiger partial charge >= 0.3 is 0 Å². The van der Waals surface area contributed by atoms with Crippen molar-refractivity contribution < 1.29 is 9.53 Å². The van der Waals surface area contributed by atoms with Crippen molar-refractivity contribution in [3.05, 3.63) is 40.9 Å². The highest BCUT2D eigenvalue weighted by Gasteiger charge is 2.19. The number of nitrogens with zero attached hydrogens (tertiary/aromatic N) is 2. The van der Waals surface area contributed by atoms with Crippen LogP contribution in [0.4, 0.5) is 5.13 Å². The molecule has 2 heterocycles. The minimum absolute atomic E-state index is 0.0124. The number of carbonyl (C=O) groups excluding carboxylic acids is 1. The summed E-state index contributed by atoms with van der Waals surface area (Å²) in [4.78, 5) is 20.0. The Kier molecular flexibility index (Phi) is 6.04. The van der Waals surface area contributed by atoms with Crippen LogP contribution in [0.5, 0.6) is 5.75 Å². The summed E-state index contributed by atoms with van der Waals surface area (Å²) in [6, 6.07) is 8.29. The summed E-state index contributed by atoms with van der Waals surface area (Å²) in [5.74, 6) is 0.516. The normalized spacial score (nSPS) is 18.1. The second kappa shape index (κ2) is 8.45. The second-order valence-corrected chi connectivity index (χ2v) is 7.72. The molecule has 0 spiro atoms. The number of ether oxygens (including phenoxy) is 1. The third kappa shape index (κ3) is 5.28. The van der Waals surface area contributed by atoms with Gasteiger partial charge in [0.05, 0.1) is 0 Å². The molecule has 0 radical (unpaired) electrons. The smallest absolute Gasteiger partial charge is 0.264 e. The summed E-state index contributed by atoms with van der Waals surface area (Å²) in [5, 5.41) is 3.46. The van der Waals surface area contributed by atoms with Crippen molar-refractivity contribution in [3.63, 3.8) is 0 Å². The largest absolute Gasteiger partial charge is 0.484 e. The van der Waals surface area contributed by atoms with E-state index in [1.165, 1.54) is 24.1 Å². The molecule has 0 saturated carbocycles. The molecule has 6 heteroatoms. The number of likely N-dealkylation sites (tertiary alicyclic amines) is 1. The number of nitrogens with one attached hydrogen (secondary N) is 1.